The number of para-hydroxylation sites is 1. The summed E-state index contributed by atoms with van der Waals surface area (Å²) in [5.41, 5.74) is 0.824. The van der Waals surface area contributed by atoms with Gasteiger partial charge in [-0.05, 0) is 30.9 Å². The number of hydrogen-bond donors (Lipinski definition) is 1. The number of methoxy groups -OCH3 is 1. The van der Waals surface area contributed by atoms with Crippen LogP contribution in [0.1, 0.15) is 12.8 Å². The van der Waals surface area contributed by atoms with Crippen molar-refractivity contribution in [3.05, 3.63) is 24.5 Å². The van der Waals surface area contributed by atoms with E-state index in [1.54, 1.807) is 13.4 Å². The molecule has 6 nitrogen and oxygen atoms in total. The summed E-state index contributed by atoms with van der Waals surface area (Å²) < 4.78 is 24.7. The zero-order chi connectivity index (χ0) is 16.4. The molecule has 1 aliphatic heterocycles. The third-order valence-corrected chi connectivity index (χ3v) is 5.40. The normalized spacial score (nSPS) is 18.8. The van der Waals surface area contributed by atoms with Crippen molar-refractivity contribution < 1.29 is 8.95 Å². The highest BCUT2D eigenvalue weighted by Gasteiger charge is 2.23. The number of nitrogens with zero attached hydrogens (tertiary/aromatic N) is 3. The SMILES string of the molecule is COc1cccc2c(N3CCC(CS(C)(=N)=O)CC3)ncnc12. The Kier molecular flexibility index (Phi) is 4.39. The molecule has 124 valence electrons. The number of nitrogens with one attached hydrogen (secondary N) is 1. The Labute approximate surface area is 136 Å². The van der Waals surface area contributed by atoms with Gasteiger partial charge in [-0.3, -0.25) is 8.99 Å². The molecular formula is C16H22N4O2S. The minimum atomic E-state index is -2.41. The van der Waals surface area contributed by atoms with Crippen LogP contribution in [0.25, 0.3) is 10.9 Å². The second-order valence-electron chi connectivity index (χ2n) is 6.16. The van der Waals surface area contributed by atoms with Crippen LogP contribution >= 0.6 is 0 Å². The predicted molar refractivity (Wildman–Crippen MR) is 92.7 cm³/mol. The summed E-state index contributed by atoms with van der Waals surface area (Å²) >= 11 is 0. The molecule has 0 aliphatic carbocycles. The highest BCUT2D eigenvalue weighted by molar-refractivity contribution is 7.91. The zero-order valence-electron chi connectivity index (χ0n) is 13.5. The summed E-state index contributed by atoms with van der Waals surface area (Å²) in [6.07, 6.45) is 5.00. The predicted octanol–water partition coefficient (Wildman–Crippen LogP) is 2.53. The van der Waals surface area contributed by atoms with Gasteiger partial charge in [-0.25, -0.2) is 9.97 Å². The molecule has 1 saturated heterocycles. The fourth-order valence-corrected chi connectivity index (χ4v) is 4.46. The first-order valence-electron chi connectivity index (χ1n) is 7.72. The summed E-state index contributed by atoms with van der Waals surface area (Å²) in [5.74, 6) is 2.54. The summed E-state index contributed by atoms with van der Waals surface area (Å²) in [6, 6.07) is 5.87. The molecule has 0 amide bonds. The number of ether oxygens (including phenoxy) is 1. The molecule has 1 unspecified atom stereocenters. The molecule has 0 saturated carbocycles. The van der Waals surface area contributed by atoms with Crippen molar-refractivity contribution >= 4 is 26.4 Å². The Morgan fingerprint density at radius 1 is 1.35 bits per heavy atom. The number of fused-ring (bicyclic) bond motifs is 1. The van der Waals surface area contributed by atoms with Gasteiger partial charge in [-0.1, -0.05) is 6.07 Å². The maximum Gasteiger partial charge on any atom is 0.145 e. The zero-order valence-corrected chi connectivity index (χ0v) is 14.3. The number of anilines is 1. The maximum absolute atomic E-state index is 11.7. The Balaban J connectivity index is 1.83. The first-order valence-corrected chi connectivity index (χ1v) is 9.85. The number of aromatic nitrogens is 2. The second-order valence-corrected chi connectivity index (χ2v) is 8.50. The lowest BCUT2D eigenvalue weighted by molar-refractivity contribution is 0.418. The first-order chi connectivity index (χ1) is 11.0. The van der Waals surface area contributed by atoms with E-state index < -0.39 is 9.73 Å². The summed E-state index contributed by atoms with van der Waals surface area (Å²) in [7, 11) is -0.766. The van der Waals surface area contributed by atoms with Crippen molar-refractivity contribution in [1.29, 1.82) is 4.78 Å². The van der Waals surface area contributed by atoms with Crippen molar-refractivity contribution in [2.45, 2.75) is 12.8 Å². The van der Waals surface area contributed by atoms with E-state index in [2.05, 4.69) is 14.9 Å². The van der Waals surface area contributed by atoms with Gasteiger partial charge in [0, 0.05) is 40.2 Å². The van der Waals surface area contributed by atoms with Crippen molar-refractivity contribution in [3.8, 4) is 5.75 Å². The van der Waals surface area contributed by atoms with E-state index >= 15 is 0 Å². The van der Waals surface area contributed by atoms with Crippen LogP contribution in [0.3, 0.4) is 0 Å². The molecule has 0 spiro atoms. The lowest BCUT2D eigenvalue weighted by atomic mass is 9.98. The standard InChI is InChI=1S/C16H22N4O2S/c1-22-14-5-3-4-13-15(14)18-11-19-16(13)20-8-6-12(7-9-20)10-23(2,17)21/h3-5,11-12,17H,6-10H2,1-2H3. The van der Waals surface area contributed by atoms with Gasteiger partial charge in [0.1, 0.15) is 23.4 Å². The Hall–Kier alpha value is -1.89. The minimum Gasteiger partial charge on any atom is -0.494 e. The van der Waals surface area contributed by atoms with Gasteiger partial charge in [0.15, 0.2) is 0 Å². The third-order valence-electron chi connectivity index (χ3n) is 4.29. The van der Waals surface area contributed by atoms with Crippen molar-refractivity contribution in [3.63, 3.8) is 0 Å². The van der Waals surface area contributed by atoms with E-state index in [0.29, 0.717) is 11.7 Å². The van der Waals surface area contributed by atoms with Crippen molar-refractivity contribution in [2.75, 3.05) is 37.1 Å². The molecule has 7 heteroatoms. The van der Waals surface area contributed by atoms with Gasteiger partial charge in [0.05, 0.1) is 7.11 Å². The number of piperidine rings is 1. The summed E-state index contributed by atoms with van der Waals surface area (Å²) in [6.45, 7) is 1.73. The van der Waals surface area contributed by atoms with Crippen LogP contribution in [0.4, 0.5) is 5.82 Å². The molecule has 23 heavy (non-hydrogen) atoms. The van der Waals surface area contributed by atoms with E-state index in [1.165, 1.54) is 6.26 Å². The van der Waals surface area contributed by atoms with Gasteiger partial charge < -0.3 is 9.64 Å². The smallest absolute Gasteiger partial charge is 0.145 e. The van der Waals surface area contributed by atoms with Crippen LogP contribution in [-0.4, -0.2) is 46.4 Å². The van der Waals surface area contributed by atoms with E-state index in [1.807, 2.05) is 18.2 Å². The van der Waals surface area contributed by atoms with Crippen LogP contribution < -0.4 is 9.64 Å². The molecule has 1 aromatic heterocycles. The maximum atomic E-state index is 11.7. The van der Waals surface area contributed by atoms with Gasteiger partial charge >= 0.3 is 0 Å². The molecule has 0 bridgehead atoms. The van der Waals surface area contributed by atoms with E-state index in [-0.39, 0.29) is 0 Å². The Bertz CT molecular complexity index is 799. The van der Waals surface area contributed by atoms with Crippen LogP contribution in [0.2, 0.25) is 0 Å². The summed E-state index contributed by atoms with van der Waals surface area (Å²) in [5, 5.41) is 0.991. The van der Waals surface area contributed by atoms with Gasteiger partial charge in [-0.15, -0.1) is 0 Å². The quantitative estimate of drug-likeness (QED) is 0.929. The highest BCUT2D eigenvalue weighted by atomic mass is 32.2. The Morgan fingerprint density at radius 2 is 2.09 bits per heavy atom. The van der Waals surface area contributed by atoms with Crippen LogP contribution in [-0.2, 0) is 9.73 Å². The second kappa shape index (κ2) is 6.31. The lowest BCUT2D eigenvalue weighted by Crippen LogP contribution is -2.36. The number of rotatable bonds is 4. The fraction of sp³-hybridized carbons (Fsp3) is 0.500. The molecule has 2 aromatic rings. The molecule has 1 fully saturated rings. The van der Waals surface area contributed by atoms with Gasteiger partial charge in [0.25, 0.3) is 0 Å². The van der Waals surface area contributed by atoms with Crippen LogP contribution in [0.15, 0.2) is 24.5 Å². The number of hydrogen-bond acceptors (Lipinski definition) is 6. The first kappa shape index (κ1) is 16.0. The number of benzene rings is 1. The van der Waals surface area contributed by atoms with Crippen LogP contribution in [0.5, 0.6) is 5.75 Å². The highest BCUT2D eigenvalue weighted by Crippen LogP contribution is 2.31. The van der Waals surface area contributed by atoms with Gasteiger partial charge in [-0.2, -0.15) is 0 Å². The van der Waals surface area contributed by atoms with E-state index in [0.717, 1.165) is 48.4 Å². The molecule has 0 radical (unpaired) electrons. The molecule has 1 atom stereocenters. The molecule has 1 aromatic carbocycles. The minimum absolute atomic E-state index is 0.365. The molecule has 2 heterocycles. The monoisotopic (exact) mass is 334 g/mol. The van der Waals surface area contributed by atoms with Crippen LogP contribution in [0, 0.1) is 10.7 Å². The lowest BCUT2D eigenvalue weighted by Gasteiger charge is -2.33. The van der Waals surface area contributed by atoms with Gasteiger partial charge in [0.2, 0.25) is 0 Å². The van der Waals surface area contributed by atoms with Crippen molar-refractivity contribution in [1.82, 2.24) is 9.97 Å². The Morgan fingerprint density at radius 3 is 2.74 bits per heavy atom. The molecule has 1 N–H and O–H groups in total. The van der Waals surface area contributed by atoms with E-state index in [9.17, 15) is 4.21 Å². The summed E-state index contributed by atoms with van der Waals surface area (Å²) in [4.78, 5) is 11.1. The fourth-order valence-electron chi connectivity index (χ4n) is 3.22. The molecule has 1 aliphatic rings. The topological polar surface area (TPSA) is 79.2 Å². The largest absolute Gasteiger partial charge is 0.494 e. The van der Waals surface area contributed by atoms with E-state index in [4.69, 9.17) is 9.52 Å². The average molecular weight is 334 g/mol. The molecule has 3 rings (SSSR count). The average Bonchev–Trinajstić information content (AvgIpc) is 2.53. The third kappa shape index (κ3) is 3.55. The molecular weight excluding hydrogens is 312 g/mol. The van der Waals surface area contributed by atoms with Crippen molar-refractivity contribution in [2.24, 2.45) is 5.92 Å².